The monoisotopic (exact) mass is 317 g/mol. The van der Waals surface area contributed by atoms with Gasteiger partial charge in [0.25, 0.3) is 5.91 Å². The molecule has 24 heavy (non-hydrogen) atoms. The third kappa shape index (κ3) is 3.79. The number of carbonyl (C=O) groups excluding carboxylic acids is 1. The maximum atomic E-state index is 12.2. The van der Waals surface area contributed by atoms with Crippen LogP contribution in [-0.4, -0.2) is 10.9 Å². The number of benzene rings is 2. The molecule has 0 atom stereocenters. The number of rotatable bonds is 4. The van der Waals surface area contributed by atoms with Crippen molar-refractivity contribution >= 4 is 23.0 Å². The van der Waals surface area contributed by atoms with Gasteiger partial charge >= 0.3 is 0 Å². The number of para-hydroxylation sites is 1. The molecular formula is C20H19N3O. The Morgan fingerprint density at radius 2 is 1.58 bits per heavy atom. The summed E-state index contributed by atoms with van der Waals surface area (Å²) in [5, 5.41) is 6.14. The van der Waals surface area contributed by atoms with Crippen molar-refractivity contribution in [2.75, 3.05) is 10.6 Å². The van der Waals surface area contributed by atoms with Crippen LogP contribution in [0, 0.1) is 13.8 Å². The highest BCUT2D eigenvalue weighted by Crippen LogP contribution is 2.19. The van der Waals surface area contributed by atoms with E-state index >= 15 is 0 Å². The minimum Gasteiger partial charge on any atom is -0.354 e. The van der Waals surface area contributed by atoms with Gasteiger partial charge in [-0.1, -0.05) is 35.9 Å². The van der Waals surface area contributed by atoms with Crippen LogP contribution < -0.4 is 10.6 Å². The summed E-state index contributed by atoms with van der Waals surface area (Å²) in [6.45, 7) is 4.05. The second kappa shape index (κ2) is 6.96. The van der Waals surface area contributed by atoms with Crippen molar-refractivity contribution < 1.29 is 4.79 Å². The van der Waals surface area contributed by atoms with Crippen LogP contribution in [0.4, 0.5) is 17.1 Å². The van der Waals surface area contributed by atoms with E-state index in [1.54, 1.807) is 12.3 Å². The minimum absolute atomic E-state index is 0.221. The van der Waals surface area contributed by atoms with E-state index in [-0.39, 0.29) is 5.91 Å². The molecule has 4 nitrogen and oxygen atoms in total. The van der Waals surface area contributed by atoms with E-state index in [0.29, 0.717) is 5.69 Å². The molecule has 0 spiro atoms. The molecule has 1 heterocycles. The Bertz CT molecular complexity index is 840. The number of nitrogens with one attached hydrogen (secondary N) is 2. The van der Waals surface area contributed by atoms with Crippen LogP contribution in [0.5, 0.6) is 0 Å². The number of hydrogen-bond donors (Lipinski definition) is 2. The van der Waals surface area contributed by atoms with E-state index in [4.69, 9.17) is 0 Å². The Morgan fingerprint density at radius 3 is 2.25 bits per heavy atom. The quantitative estimate of drug-likeness (QED) is 0.733. The lowest BCUT2D eigenvalue weighted by Gasteiger charge is -2.10. The zero-order valence-electron chi connectivity index (χ0n) is 13.7. The molecule has 3 aromatic rings. The van der Waals surface area contributed by atoms with Gasteiger partial charge in [-0.25, -0.2) is 4.98 Å². The maximum Gasteiger partial charge on any atom is 0.274 e. The van der Waals surface area contributed by atoms with E-state index < -0.39 is 0 Å². The smallest absolute Gasteiger partial charge is 0.274 e. The molecule has 2 N–H and O–H groups in total. The zero-order chi connectivity index (χ0) is 16.9. The molecule has 0 unspecified atom stereocenters. The first-order valence-electron chi connectivity index (χ1n) is 7.78. The van der Waals surface area contributed by atoms with Crippen LogP contribution in [0.3, 0.4) is 0 Å². The second-order valence-corrected chi connectivity index (χ2v) is 5.69. The van der Waals surface area contributed by atoms with Crippen molar-refractivity contribution in [1.29, 1.82) is 0 Å². The van der Waals surface area contributed by atoms with Crippen LogP contribution in [-0.2, 0) is 0 Å². The van der Waals surface area contributed by atoms with Crippen LogP contribution in [0.1, 0.15) is 21.6 Å². The van der Waals surface area contributed by atoms with Gasteiger partial charge in [-0.3, -0.25) is 4.79 Å². The molecule has 1 aromatic heterocycles. The van der Waals surface area contributed by atoms with Gasteiger partial charge in [0.1, 0.15) is 5.69 Å². The first-order chi connectivity index (χ1) is 11.6. The van der Waals surface area contributed by atoms with Gasteiger partial charge in [-0.05, 0) is 49.7 Å². The van der Waals surface area contributed by atoms with Gasteiger partial charge in [0.2, 0.25) is 0 Å². The van der Waals surface area contributed by atoms with Crippen LogP contribution >= 0.6 is 0 Å². The predicted molar refractivity (Wildman–Crippen MR) is 97.8 cm³/mol. The summed E-state index contributed by atoms with van der Waals surface area (Å²) in [7, 11) is 0. The second-order valence-electron chi connectivity index (χ2n) is 5.69. The first-order valence-corrected chi connectivity index (χ1v) is 7.78. The van der Waals surface area contributed by atoms with Gasteiger partial charge in [0.05, 0.1) is 11.9 Å². The summed E-state index contributed by atoms with van der Waals surface area (Å²) in [6, 6.07) is 19.3. The fourth-order valence-electron chi connectivity index (χ4n) is 2.30. The van der Waals surface area contributed by atoms with Crippen molar-refractivity contribution in [3.8, 4) is 0 Å². The van der Waals surface area contributed by atoms with Crippen LogP contribution in [0.2, 0.25) is 0 Å². The average Bonchev–Trinajstić information content (AvgIpc) is 2.59. The molecule has 0 aliphatic carbocycles. The van der Waals surface area contributed by atoms with Gasteiger partial charge in [0.15, 0.2) is 0 Å². The molecule has 120 valence electrons. The van der Waals surface area contributed by atoms with E-state index in [2.05, 4.69) is 15.6 Å². The molecular weight excluding hydrogens is 298 g/mol. The highest BCUT2D eigenvalue weighted by atomic mass is 16.1. The first kappa shape index (κ1) is 15.7. The lowest BCUT2D eigenvalue weighted by atomic mass is 10.2. The fourth-order valence-corrected chi connectivity index (χ4v) is 2.30. The van der Waals surface area contributed by atoms with Crippen molar-refractivity contribution in [2.24, 2.45) is 0 Å². The molecule has 4 heteroatoms. The number of aromatic nitrogens is 1. The third-order valence-electron chi connectivity index (χ3n) is 3.73. The van der Waals surface area contributed by atoms with Crippen molar-refractivity contribution in [2.45, 2.75) is 13.8 Å². The van der Waals surface area contributed by atoms with Crippen molar-refractivity contribution in [3.63, 3.8) is 0 Å². The molecule has 0 aliphatic heterocycles. The molecule has 0 bridgehead atoms. The molecule has 0 aliphatic rings. The maximum absolute atomic E-state index is 12.2. The lowest BCUT2D eigenvalue weighted by Crippen LogP contribution is -2.13. The number of pyridine rings is 1. The molecule has 0 radical (unpaired) electrons. The molecule has 0 fully saturated rings. The summed E-state index contributed by atoms with van der Waals surface area (Å²) < 4.78 is 0. The number of hydrogen-bond acceptors (Lipinski definition) is 3. The Kier molecular flexibility index (Phi) is 4.57. The van der Waals surface area contributed by atoms with Crippen molar-refractivity contribution in [1.82, 2.24) is 4.98 Å². The standard InChI is InChI=1S/C20H19N3O/c1-14-7-9-16(10-8-14)23-20(24)19-12-11-17(13-21-19)22-18-6-4-3-5-15(18)2/h3-13,22H,1-2H3,(H,23,24). The normalized spacial score (nSPS) is 10.2. The Labute approximate surface area is 141 Å². The van der Waals surface area contributed by atoms with Gasteiger partial charge in [0, 0.05) is 11.4 Å². The molecule has 0 saturated carbocycles. The average molecular weight is 317 g/mol. The summed E-state index contributed by atoms with van der Waals surface area (Å²) in [5.41, 5.74) is 5.31. The molecule has 2 aromatic carbocycles. The highest BCUT2D eigenvalue weighted by Gasteiger charge is 2.08. The van der Waals surface area contributed by atoms with Gasteiger partial charge in [-0.15, -0.1) is 0 Å². The predicted octanol–water partition coefficient (Wildman–Crippen LogP) is 4.69. The number of amides is 1. The van der Waals surface area contributed by atoms with E-state index in [9.17, 15) is 4.79 Å². The Morgan fingerprint density at radius 1 is 0.875 bits per heavy atom. The lowest BCUT2D eigenvalue weighted by molar-refractivity contribution is 0.102. The summed E-state index contributed by atoms with van der Waals surface area (Å²) in [4.78, 5) is 16.5. The van der Waals surface area contributed by atoms with Gasteiger partial charge < -0.3 is 10.6 Å². The largest absolute Gasteiger partial charge is 0.354 e. The fraction of sp³-hybridized carbons (Fsp3) is 0.100. The zero-order valence-corrected chi connectivity index (χ0v) is 13.7. The minimum atomic E-state index is -0.221. The third-order valence-corrected chi connectivity index (χ3v) is 3.73. The summed E-state index contributed by atoms with van der Waals surface area (Å²) in [5.74, 6) is -0.221. The Hall–Kier alpha value is -3.14. The number of anilines is 3. The van der Waals surface area contributed by atoms with Crippen molar-refractivity contribution in [3.05, 3.63) is 83.7 Å². The van der Waals surface area contributed by atoms with E-state index in [0.717, 1.165) is 28.2 Å². The molecule has 0 saturated heterocycles. The summed E-state index contributed by atoms with van der Waals surface area (Å²) >= 11 is 0. The van der Waals surface area contributed by atoms with Gasteiger partial charge in [-0.2, -0.15) is 0 Å². The van der Waals surface area contributed by atoms with E-state index in [1.165, 1.54) is 0 Å². The molecule has 3 rings (SSSR count). The molecule has 1 amide bonds. The number of nitrogens with zero attached hydrogens (tertiary/aromatic N) is 1. The SMILES string of the molecule is Cc1ccc(NC(=O)c2ccc(Nc3ccccc3C)cn2)cc1. The van der Waals surface area contributed by atoms with E-state index in [1.807, 2.05) is 68.4 Å². The Balaban J connectivity index is 1.68. The van der Waals surface area contributed by atoms with Crippen LogP contribution in [0.15, 0.2) is 66.9 Å². The topological polar surface area (TPSA) is 54.0 Å². The number of aryl methyl sites for hydroxylation is 2. The number of carbonyl (C=O) groups is 1. The van der Waals surface area contributed by atoms with Crippen LogP contribution in [0.25, 0.3) is 0 Å². The summed E-state index contributed by atoms with van der Waals surface area (Å²) in [6.07, 6.45) is 1.66. The highest BCUT2D eigenvalue weighted by molar-refractivity contribution is 6.02.